The molecule has 7 nitrogen and oxygen atoms in total. The van der Waals surface area contributed by atoms with Crippen molar-refractivity contribution < 1.29 is 9.32 Å². The molecule has 1 amide bonds. The zero-order chi connectivity index (χ0) is 20.5. The predicted octanol–water partition coefficient (Wildman–Crippen LogP) is 2.96. The summed E-state index contributed by atoms with van der Waals surface area (Å²) in [6.07, 6.45) is 4.95. The van der Waals surface area contributed by atoms with Crippen molar-refractivity contribution in [1.29, 1.82) is 0 Å². The highest BCUT2D eigenvalue weighted by molar-refractivity contribution is 5.94. The van der Waals surface area contributed by atoms with Crippen LogP contribution in [0.15, 0.2) is 40.9 Å². The Bertz CT molecular complexity index is 1030. The van der Waals surface area contributed by atoms with E-state index in [0.29, 0.717) is 18.3 Å². The van der Waals surface area contributed by atoms with Crippen molar-refractivity contribution >= 4 is 5.91 Å². The zero-order valence-electron chi connectivity index (χ0n) is 17.3. The highest BCUT2D eigenvalue weighted by atomic mass is 16.5. The molecule has 7 heteroatoms. The van der Waals surface area contributed by atoms with Crippen LogP contribution >= 0.6 is 0 Å². The lowest BCUT2D eigenvalue weighted by Gasteiger charge is -2.24. The van der Waals surface area contributed by atoms with Gasteiger partial charge >= 0.3 is 0 Å². The van der Waals surface area contributed by atoms with E-state index < -0.39 is 0 Å². The van der Waals surface area contributed by atoms with Gasteiger partial charge in [-0.3, -0.25) is 9.48 Å². The van der Waals surface area contributed by atoms with Crippen LogP contribution in [0.3, 0.4) is 0 Å². The molecule has 1 aliphatic heterocycles. The maximum Gasteiger partial charge on any atom is 0.274 e. The van der Waals surface area contributed by atoms with Crippen molar-refractivity contribution in [2.45, 2.75) is 44.7 Å². The lowest BCUT2D eigenvalue weighted by Crippen LogP contribution is -2.35. The van der Waals surface area contributed by atoms with Crippen molar-refractivity contribution in [3.63, 3.8) is 0 Å². The quantitative estimate of drug-likeness (QED) is 0.706. The maximum atomic E-state index is 13.0. The molecule has 1 N–H and O–H groups in total. The Morgan fingerprint density at radius 2 is 2.03 bits per heavy atom. The van der Waals surface area contributed by atoms with Gasteiger partial charge in [-0.05, 0) is 32.1 Å². The highest BCUT2D eigenvalue weighted by Crippen LogP contribution is 2.27. The molecule has 1 aliphatic carbocycles. The normalized spacial score (nSPS) is 18.6. The second-order valence-corrected chi connectivity index (χ2v) is 8.27. The molecule has 3 heterocycles. The average Bonchev–Trinajstić information content (AvgIpc) is 3.53. The fraction of sp³-hybridized carbons (Fsp3) is 0.435. The highest BCUT2D eigenvalue weighted by Gasteiger charge is 2.31. The van der Waals surface area contributed by atoms with E-state index >= 15 is 0 Å². The molecule has 1 atom stereocenters. The van der Waals surface area contributed by atoms with E-state index in [2.05, 4.69) is 15.6 Å². The second-order valence-electron chi connectivity index (χ2n) is 8.27. The summed E-state index contributed by atoms with van der Waals surface area (Å²) in [6.45, 7) is 2.34. The number of aromatic nitrogens is 3. The molecule has 156 valence electrons. The molecular formula is C23H27N5O2. The molecular weight excluding hydrogens is 378 g/mol. The Balaban J connectivity index is 1.26. The number of rotatable bonds is 5. The molecule has 1 saturated heterocycles. The minimum absolute atomic E-state index is 0.0917. The van der Waals surface area contributed by atoms with Gasteiger partial charge in [0.25, 0.3) is 5.91 Å². The molecule has 5 rings (SSSR count). The van der Waals surface area contributed by atoms with E-state index in [0.717, 1.165) is 67.8 Å². The number of hydrogen-bond donors (Lipinski definition) is 1. The lowest BCUT2D eigenvalue weighted by molar-refractivity contribution is 0.0785. The van der Waals surface area contributed by atoms with E-state index in [1.165, 1.54) is 5.69 Å². The van der Waals surface area contributed by atoms with Gasteiger partial charge in [0.15, 0.2) is 11.5 Å². The van der Waals surface area contributed by atoms with Gasteiger partial charge in [0, 0.05) is 55.6 Å². The first-order chi connectivity index (χ1) is 14.7. The van der Waals surface area contributed by atoms with E-state index in [1.54, 1.807) is 0 Å². The second kappa shape index (κ2) is 8.07. The van der Waals surface area contributed by atoms with E-state index in [-0.39, 0.29) is 5.91 Å². The molecule has 0 bridgehead atoms. The smallest absolute Gasteiger partial charge is 0.274 e. The number of hydrogen-bond acceptors (Lipinski definition) is 5. The van der Waals surface area contributed by atoms with Gasteiger partial charge in [-0.25, -0.2) is 0 Å². The van der Waals surface area contributed by atoms with Crippen LogP contribution in [0.25, 0.3) is 11.3 Å². The number of fused-ring (bicyclic) bond motifs is 1. The van der Waals surface area contributed by atoms with Gasteiger partial charge in [-0.1, -0.05) is 35.5 Å². The third-order valence-electron chi connectivity index (χ3n) is 6.24. The summed E-state index contributed by atoms with van der Waals surface area (Å²) in [7, 11) is 1.95. The van der Waals surface area contributed by atoms with E-state index in [4.69, 9.17) is 4.52 Å². The van der Waals surface area contributed by atoms with Crippen molar-refractivity contribution in [2.24, 2.45) is 7.05 Å². The number of carbonyl (C=O) groups excluding carboxylic acids is 1. The number of nitrogens with one attached hydrogen (secondary N) is 1. The van der Waals surface area contributed by atoms with Gasteiger partial charge in [0.05, 0.1) is 5.69 Å². The largest absolute Gasteiger partial charge is 0.356 e. The van der Waals surface area contributed by atoms with Crippen molar-refractivity contribution in [2.75, 3.05) is 13.1 Å². The van der Waals surface area contributed by atoms with Crippen LogP contribution in [-0.2, 0) is 26.4 Å². The topological polar surface area (TPSA) is 76.2 Å². The summed E-state index contributed by atoms with van der Waals surface area (Å²) < 4.78 is 7.41. The van der Waals surface area contributed by atoms with Crippen LogP contribution in [-0.4, -0.2) is 44.9 Å². The summed E-state index contributed by atoms with van der Waals surface area (Å²) in [5, 5.41) is 12.4. The Morgan fingerprint density at radius 3 is 2.83 bits per heavy atom. The van der Waals surface area contributed by atoms with Crippen LogP contribution in [0.1, 0.15) is 46.7 Å². The van der Waals surface area contributed by atoms with Crippen LogP contribution in [0, 0.1) is 0 Å². The van der Waals surface area contributed by atoms with Crippen LogP contribution in [0.4, 0.5) is 0 Å². The van der Waals surface area contributed by atoms with Crippen molar-refractivity contribution in [3.05, 3.63) is 59.0 Å². The fourth-order valence-electron chi connectivity index (χ4n) is 4.59. The summed E-state index contributed by atoms with van der Waals surface area (Å²) in [5.41, 5.74) is 4.87. The van der Waals surface area contributed by atoms with Gasteiger partial charge in [-0.2, -0.15) is 5.10 Å². The molecule has 0 spiro atoms. The molecule has 0 saturated carbocycles. The summed E-state index contributed by atoms with van der Waals surface area (Å²) >= 11 is 0. The van der Waals surface area contributed by atoms with Crippen LogP contribution in [0.5, 0.6) is 0 Å². The molecule has 0 radical (unpaired) electrons. The molecule has 30 heavy (non-hydrogen) atoms. The van der Waals surface area contributed by atoms with Gasteiger partial charge in [-0.15, -0.1) is 0 Å². The third-order valence-corrected chi connectivity index (χ3v) is 6.24. The molecule has 1 fully saturated rings. The standard InChI is InChI=1S/C23H27N5O2/c1-27-20-10-9-17(13-19(20)22(25-27)23(29)28-11-5-6-12-28)24-15-18-14-21(30-26-18)16-7-3-2-4-8-16/h2-4,7-8,14,17,24H,5-6,9-13,15H2,1H3. The minimum Gasteiger partial charge on any atom is -0.356 e. The number of nitrogens with zero attached hydrogens (tertiary/aromatic N) is 4. The first-order valence-corrected chi connectivity index (χ1v) is 10.8. The van der Waals surface area contributed by atoms with Crippen molar-refractivity contribution in [1.82, 2.24) is 25.2 Å². The molecule has 1 unspecified atom stereocenters. The van der Waals surface area contributed by atoms with Gasteiger partial charge < -0.3 is 14.7 Å². The predicted molar refractivity (Wildman–Crippen MR) is 113 cm³/mol. The summed E-state index contributed by atoms with van der Waals surface area (Å²) in [4.78, 5) is 14.9. The Kier molecular flexibility index (Phi) is 5.12. The molecule has 2 aromatic heterocycles. The first-order valence-electron chi connectivity index (χ1n) is 10.8. The average molecular weight is 406 g/mol. The van der Waals surface area contributed by atoms with Gasteiger partial charge in [0.2, 0.25) is 0 Å². The number of aryl methyl sites for hydroxylation is 1. The number of benzene rings is 1. The number of amides is 1. The fourth-order valence-corrected chi connectivity index (χ4v) is 4.59. The zero-order valence-corrected chi connectivity index (χ0v) is 17.3. The third kappa shape index (κ3) is 3.65. The number of likely N-dealkylation sites (tertiary alicyclic amines) is 1. The maximum absolute atomic E-state index is 13.0. The monoisotopic (exact) mass is 405 g/mol. The van der Waals surface area contributed by atoms with Crippen LogP contribution < -0.4 is 5.32 Å². The molecule has 2 aliphatic rings. The minimum atomic E-state index is 0.0917. The Morgan fingerprint density at radius 1 is 1.23 bits per heavy atom. The first kappa shape index (κ1) is 19.1. The van der Waals surface area contributed by atoms with Crippen molar-refractivity contribution in [3.8, 4) is 11.3 Å². The van der Waals surface area contributed by atoms with E-state index in [1.807, 2.05) is 53.0 Å². The van der Waals surface area contributed by atoms with Gasteiger partial charge in [0.1, 0.15) is 0 Å². The van der Waals surface area contributed by atoms with Crippen LogP contribution in [0.2, 0.25) is 0 Å². The summed E-state index contributed by atoms with van der Waals surface area (Å²) in [6, 6.07) is 12.3. The lowest BCUT2D eigenvalue weighted by atomic mass is 9.91. The molecule has 1 aromatic carbocycles. The Labute approximate surface area is 176 Å². The molecule has 3 aromatic rings. The van der Waals surface area contributed by atoms with E-state index in [9.17, 15) is 4.79 Å². The SMILES string of the molecule is Cn1nc(C(=O)N2CCCC2)c2c1CCC(NCc1cc(-c3ccccc3)on1)C2. The number of carbonyl (C=O) groups is 1. The Hall–Kier alpha value is -2.93. The summed E-state index contributed by atoms with van der Waals surface area (Å²) in [5.74, 6) is 0.873.